The molecule has 0 bridgehead atoms. The lowest BCUT2D eigenvalue weighted by molar-refractivity contribution is 1.70. The molecule has 0 amide bonds. The molecule has 0 saturated heterocycles. The topological polar surface area (TPSA) is 0 Å². The number of rotatable bonds is 2. The van der Waals surface area contributed by atoms with Gasteiger partial charge in [0.15, 0.2) is 0 Å². The van der Waals surface area contributed by atoms with E-state index in [-0.39, 0.29) is 0 Å². The highest BCUT2D eigenvalue weighted by Gasteiger charge is 2.16. The first-order chi connectivity index (χ1) is 20.3. The van der Waals surface area contributed by atoms with E-state index in [4.69, 9.17) is 0 Å². The monoisotopic (exact) mass is 536 g/mol. The molecule has 0 saturated carbocycles. The Balaban J connectivity index is 1.40. The quantitative estimate of drug-likeness (QED) is 0.193. The molecule has 0 radical (unpaired) electrons. The van der Waals surface area contributed by atoms with Crippen molar-refractivity contribution in [3.63, 3.8) is 0 Å². The second-order valence-corrected chi connectivity index (χ2v) is 12.0. The van der Waals surface area contributed by atoms with Gasteiger partial charge in [0.25, 0.3) is 0 Å². The fourth-order valence-electron chi connectivity index (χ4n) is 6.80. The van der Waals surface area contributed by atoms with Crippen LogP contribution in [-0.4, -0.2) is 0 Å². The molecule has 0 aliphatic rings. The molecule has 0 aliphatic heterocycles. The number of benzene rings is 8. The zero-order valence-corrected chi connectivity index (χ0v) is 23.1. The summed E-state index contributed by atoms with van der Waals surface area (Å²) in [6.07, 6.45) is 0. The first-order valence-electron chi connectivity index (χ1n) is 14.1. The van der Waals surface area contributed by atoms with Gasteiger partial charge in [0, 0.05) is 20.2 Å². The summed E-state index contributed by atoms with van der Waals surface area (Å²) in [7, 11) is 0. The maximum absolute atomic E-state index is 2.43. The molecular weight excluding hydrogens is 513 g/mol. The van der Waals surface area contributed by atoms with Crippen molar-refractivity contribution in [2.75, 3.05) is 0 Å². The molecule has 0 atom stereocenters. The molecule has 1 aromatic heterocycles. The molecule has 41 heavy (non-hydrogen) atoms. The largest absolute Gasteiger partial charge is 0.135 e. The predicted octanol–water partition coefficient (Wildman–Crippen LogP) is 12.0. The number of thiophene rings is 1. The molecule has 0 fully saturated rings. The summed E-state index contributed by atoms with van der Waals surface area (Å²) in [6, 6.07) is 53.8. The van der Waals surface area contributed by atoms with Crippen LogP contribution in [0.1, 0.15) is 0 Å². The van der Waals surface area contributed by atoms with Gasteiger partial charge in [-0.25, -0.2) is 0 Å². The minimum Gasteiger partial charge on any atom is -0.135 e. The van der Waals surface area contributed by atoms with Gasteiger partial charge < -0.3 is 0 Å². The van der Waals surface area contributed by atoms with E-state index < -0.39 is 0 Å². The van der Waals surface area contributed by atoms with Gasteiger partial charge >= 0.3 is 0 Å². The van der Waals surface area contributed by atoms with Crippen molar-refractivity contribution in [3.05, 3.63) is 146 Å². The Kier molecular flexibility index (Phi) is 4.87. The van der Waals surface area contributed by atoms with Gasteiger partial charge in [-0.1, -0.05) is 115 Å². The van der Waals surface area contributed by atoms with E-state index in [9.17, 15) is 0 Å². The number of hydrogen-bond donors (Lipinski definition) is 0. The van der Waals surface area contributed by atoms with Crippen LogP contribution in [0, 0.1) is 0 Å². The Labute approximate surface area is 241 Å². The number of hydrogen-bond acceptors (Lipinski definition) is 1. The van der Waals surface area contributed by atoms with Crippen molar-refractivity contribution < 1.29 is 0 Å². The Hall–Kier alpha value is -4.98. The standard InChI is InChI=1S/C40H24S/c1-2-12-28-25(10-1)11-9-18-29(28)36-24-27-23-35(26-20-21-39-37(22-26)32-15-7-8-19-38(32)41-39)30-13-3-5-16-33(30)40(27)34-17-6-4-14-31(34)36/h1-24H. The van der Waals surface area contributed by atoms with E-state index in [1.807, 2.05) is 11.3 Å². The van der Waals surface area contributed by atoms with Gasteiger partial charge in [-0.15, -0.1) is 11.3 Å². The van der Waals surface area contributed by atoms with Gasteiger partial charge in [-0.2, -0.15) is 0 Å². The summed E-state index contributed by atoms with van der Waals surface area (Å²) in [4.78, 5) is 0. The first kappa shape index (κ1) is 22.8. The van der Waals surface area contributed by atoms with Crippen LogP contribution in [0.4, 0.5) is 0 Å². The third kappa shape index (κ3) is 3.40. The van der Waals surface area contributed by atoms with Crippen LogP contribution in [0.25, 0.3) is 85.5 Å². The molecule has 9 aromatic rings. The van der Waals surface area contributed by atoms with E-state index in [0.29, 0.717) is 0 Å². The van der Waals surface area contributed by atoms with Gasteiger partial charge in [0.1, 0.15) is 0 Å². The van der Waals surface area contributed by atoms with Crippen molar-refractivity contribution in [1.29, 1.82) is 0 Å². The van der Waals surface area contributed by atoms with Crippen molar-refractivity contribution in [1.82, 2.24) is 0 Å². The van der Waals surface area contributed by atoms with Crippen molar-refractivity contribution in [2.24, 2.45) is 0 Å². The highest BCUT2D eigenvalue weighted by Crippen LogP contribution is 2.44. The predicted molar refractivity (Wildman–Crippen MR) is 180 cm³/mol. The molecule has 0 nitrogen and oxygen atoms in total. The van der Waals surface area contributed by atoms with Gasteiger partial charge in [-0.3, -0.25) is 0 Å². The third-order valence-electron chi connectivity index (χ3n) is 8.63. The summed E-state index contributed by atoms with van der Waals surface area (Å²) in [5, 5.41) is 13.0. The zero-order valence-electron chi connectivity index (χ0n) is 22.3. The van der Waals surface area contributed by atoms with Crippen LogP contribution < -0.4 is 0 Å². The van der Waals surface area contributed by atoms with Crippen molar-refractivity contribution >= 4 is 74.6 Å². The second kappa shape index (κ2) is 8.76. The van der Waals surface area contributed by atoms with Crippen molar-refractivity contribution in [3.8, 4) is 22.3 Å². The molecule has 0 aliphatic carbocycles. The summed E-state index contributed by atoms with van der Waals surface area (Å²) in [5.74, 6) is 0. The van der Waals surface area contributed by atoms with Gasteiger partial charge in [0.2, 0.25) is 0 Å². The number of fused-ring (bicyclic) bond motifs is 9. The maximum atomic E-state index is 2.43. The molecule has 8 aromatic carbocycles. The van der Waals surface area contributed by atoms with Gasteiger partial charge in [-0.05, 0) is 95.7 Å². The lowest BCUT2D eigenvalue weighted by atomic mass is 9.86. The van der Waals surface area contributed by atoms with Gasteiger partial charge in [0.05, 0.1) is 0 Å². The highest BCUT2D eigenvalue weighted by atomic mass is 32.1. The van der Waals surface area contributed by atoms with Crippen LogP contribution in [0.5, 0.6) is 0 Å². The van der Waals surface area contributed by atoms with Crippen molar-refractivity contribution in [2.45, 2.75) is 0 Å². The average molecular weight is 537 g/mol. The normalized spacial score (nSPS) is 11.9. The molecule has 0 unspecified atom stereocenters. The summed E-state index contributed by atoms with van der Waals surface area (Å²) < 4.78 is 2.68. The highest BCUT2D eigenvalue weighted by molar-refractivity contribution is 7.25. The Morgan fingerprint density at radius 3 is 1.71 bits per heavy atom. The smallest absolute Gasteiger partial charge is 0.0355 e. The fraction of sp³-hybridized carbons (Fsp3) is 0. The van der Waals surface area contributed by atoms with E-state index in [2.05, 4.69) is 146 Å². The van der Waals surface area contributed by atoms with E-state index in [1.54, 1.807) is 0 Å². The first-order valence-corrected chi connectivity index (χ1v) is 14.9. The van der Waals surface area contributed by atoms with E-state index in [1.165, 1.54) is 85.5 Å². The van der Waals surface area contributed by atoms with Crippen LogP contribution in [0.15, 0.2) is 146 Å². The van der Waals surface area contributed by atoms with Crippen LogP contribution >= 0.6 is 11.3 Å². The third-order valence-corrected chi connectivity index (χ3v) is 9.78. The molecule has 0 N–H and O–H groups in total. The molecule has 1 heterocycles. The lowest BCUT2D eigenvalue weighted by Crippen LogP contribution is -1.89. The van der Waals surface area contributed by atoms with Crippen LogP contribution in [-0.2, 0) is 0 Å². The summed E-state index contributed by atoms with van der Waals surface area (Å²) >= 11 is 1.87. The van der Waals surface area contributed by atoms with Crippen LogP contribution in [0.2, 0.25) is 0 Å². The van der Waals surface area contributed by atoms with E-state index in [0.717, 1.165) is 0 Å². The minimum absolute atomic E-state index is 1.26. The molecule has 1 heteroatoms. The molecule has 190 valence electrons. The molecular formula is C40H24S. The fourth-order valence-corrected chi connectivity index (χ4v) is 7.88. The lowest BCUT2D eigenvalue weighted by Gasteiger charge is -2.17. The van der Waals surface area contributed by atoms with Crippen LogP contribution in [0.3, 0.4) is 0 Å². The summed E-state index contributed by atoms with van der Waals surface area (Å²) in [6.45, 7) is 0. The van der Waals surface area contributed by atoms with E-state index >= 15 is 0 Å². The minimum atomic E-state index is 1.26. The zero-order chi connectivity index (χ0) is 26.9. The average Bonchev–Trinajstić information content (AvgIpc) is 3.41. The second-order valence-electron chi connectivity index (χ2n) is 10.9. The molecule has 0 spiro atoms. The Bertz CT molecular complexity index is 2470. The molecule has 9 rings (SSSR count). The Morgan fingerprint density at radius 1 is 0.317 bits per heavy atom. The maximum Gasteiger partial charge on any atom is 0.0355 e. The Morgan fingerprint density at radius 2 is 0.902 bits per heavy atom. The summed E-state index contributed by atoms with van der Waals surface area (Å²) in [5.41, 5.74) is 5.11. The SMILES string of the molecule is c1ccc2c(-c3cc4cc(-c5ccc6sc7ccccc7c6c5)c5ccccc5c4c4ccccc34)cccc2c1.